The second-order valence-electron chi connectivity index (χ2n) is 4.82. The number of benzene rings is 1. The molecule has 0 unspecified atom stereocenters. The minimum Gasteiger partial charge on any atom is -0.477 e. The minimum atomic E-state index is -1.32. The molecule has 0 amide bonds. The second kappa shape index (κ2) is 5.47. The van der Waals surface area contributed by atoms with Crippen LogP contribution >= 0.6 is 0 Å². The summed E-state index contributed by atoms with van der Waals surface area (Å²) in [5.74, 6) is -2.82. The quantitative estimate of drug-likeness (QED) is 0.946. The third-order valence-corrected chi connectivity index (χ3v) is 3.18. The standard InChI is InChI=1S/C15H13F2NO3/c1-8-3-9(2)18(14(19)13(8)15(20)21)7-10-4-11(16)6-12(17)5-10/h3-6H,7H2,1-2H3,(H,20,21). The van der Waals surface area contributed by atoms with Gasteiger partial charge in [-0.25, -0.2) is 13.6 Å². The maximum Gasteiger partial charge on any atom is 0.341 e. The molecule has 1 aromatic heterocycles. The van der Waals surface area contributed by atoms with Crippen LogP contribution in [0.2, 0.25) is 0 Å². The molecule has 0 saturated heterocycles. The highest BCUT2D eigenvalue weighted by atomic mass is 19.1. The van der Waals surface area contributed by atoms with Gasteiger partial charge in [0.05, 0.1) is 6.54 Å². The van der Waals surface area contributed by atoms with Gasteiger partial charge in [-0.15, -0.1) is 0 Å². The first kappa shape index (κ1) is 14.9. The first-order chi connectivity index (χ1) is 9.79. The Bertz CT molecular complexity index is 761. The summed E-state index contributed by atoms with van der Waals surface area (Å²) < 4.78 is 27.5. The van der Waals surface area contributed by atoms with Gasteiger partial charge in [-0.3, -0.25) is 4.79 Å². The molecule has 0 aliphatic heterocycles. The van der Waals surface area contributed by atoms with E-state index < -0.39 is 23.2 Å². The van der Waals surface area contributed by atoms with Crippen LogP contribution in [-0.2, 0) is 6.54 Å². The van der Waals surface area contributed by atoms with E-state index in [-0.39, 0.29) is 17.7 Å². The van der Waals surface area contributed by atoms with Crippen molar-refractivity contribution >= 4 is 5.97 Å². The van der Waals surface area contributed by atoms with E-state index in [0.29, 0.717) is 11.3 Å². The first-order valence-electron chi connectivity index (χ1n) is 6.19. The Morgan fingerprint density at radius 3 is 2.24 bits per heavy atom. The molecule has 21 heavy (non-hydrogen) atoms. The van der Waals surface area contributed by atoms with Crippen molar-refractivity contribution in [3.63, 3.8) is 0 Å². The van der Waals surface area contributed by atoms with Gasteiger partial charge in [0.15, 0.2) is 0 Å². The largest absolute Gasteiger partial charge is 0.477 e. The highest BCUT2D eigenvalue weighted by Gasteiger charge is 2.16. The molecule has 1 aromatic carbocycles. The predicted molar refractivity (Wildman–Crippen MR) is 72.6 cm³/mol. The number of carboxylic acids is 1. The number of carboxylic acid groups (broad SMARTS) is 1. The zero-order chi connectivity index (χ0) is 15.7. The van der Waals surface area contributed by atoms with Gasteiger partial charge in [0.25, 0.3) is 5.56 Å². The number of pyridine rings is 1. The topological polar surface area (TPSA) is 59.3 Å². The number of aromatic nitrogens is 1. The average Bonchev–Trinajstić information content (AvgIpc) is 2.32. The van der Waals surface area contributed by atoms with Gasteiger partial charge >= 0.3 is 5.97 Å². The maximum absolute atomic E-state index is 13.2. The average molecular weight is 293 g/mol. The van der Waals surface area contributed by atoms with E-state index in [1.807, 2.05) is 0 Å². The highest BCUT2D eigenvalue weighted by Crippen LogP contribution is 2.12. The van der Waals surface area contributed by atoms with Crippen molar-refractivity contribution in [1.29, 1.82) is 0 Å². The van der Waals surface area contributed by atoms with E-state index in [4.69, 9.17) is 5.11 Å². The fourth-order valence-electron chi connectivity index (χ4n) is 2.27. The number of aromatic carboxylic acids is 1. The van der Waals surface area contributed by atoms with Crippen molar-refractivity contribution < 1.29 is 18.7 Å². The van der Waals surface area contributed by atoms with Crippen LogP contribution in [-0.4, -0.2) is 15.6 Å². The number of hydrogen-bond donors (Lipinski definition) is 1. The summed E-state index contributed by atoms with van der Waals surface area (Å²) in [6.07, 6.45) is 0. The van der Waals surface area contributed by atoms with Crippen molar-refractivity contribution in [3.05, 3.63) is 68.6 Å². The molecule has 1 heterocycles. The summed E-state index contributed by atoms with van der Waals surface area (Å²) in [6.45, 7) is 3.07. The molecule has 2 rings (SSSR count). The van der Waals surface area contributed by atoms with Crippen LogP contribution in [0.25, 0.3) is 0 Å². The number of aryl methyl sites for hydroxylation is 2. The summed E-state index contributed by atoms with van der Waals surface area (Å²) in [4.78, 5) is 23.4. The normalized spacial score (nSPS) is 10.7. The molecule has 6 heteroatoms. The van der Waals surface area contributed by atoms with E-state index in [0.717, 1.165) is 18.2 Å². The van der Waals surface area contributed by atoms with Gasteiger partial charge < -0.3 is 9.67 Å². The molecule has 2 aromatic rings. The van der Waals surface area contributed by atoms with Crippen molar-refractivity contribution in [2.75, 3.05) is 0 Å². The number of carbonyl (C=O) groups is 1. The summed E-state index contributed by atoms with van der Waals surface area (Å²) in [5, 5.41) is 9.08. The lowest BCUT2D eigenvalue weighted by Gasteiger charge is -2.13. The first-order valence-corrected chi connectivity index (χ1v) is 6.19. The van der Waals surface area contributed by atoms with Crippen LogP contribution in [0.4, 0.5) is 8.78 Å². The summed E-state index contributed by atoms with van der Waals surface area (Å²) >= 11 is 0. The summed E-state index contributed by atoms with van der Waals surface area (Å²) in [5.41, 5.74) is 0.0962. The Kier molecular flexibility index (Phi) is 3.88. The van der Waals surface area contributed by atoms with E-state index >= 15 is 0 Å². The molecule has 0 aliphatic carbocycles. The SMILES string of the molecule is Cc1cc(C)n(Cc2cc(F)cc(F)c2)c(=O)c1C(=O)O. The lowest BCUT2D eigenvalue weighted by atomic mass is 10.1. The lowest BCUT2D eigenvalue weighted by Crippen LogP contribution is -2.29. The van der Waals surface area contributed by atoms with E-state index in [1.54, 1.807) is 13.0 Å². The van der Waals surface area contributed by atoms with E-state index in [9.17, 15) is 18.4 Å². The predicted octanol–water partition coefficient (Wildman–Crippen LogP) is 2.49. The summed E-state index contributed by atoms with van der Waals surface area (Å²) in [7, 11) is 0. The van der Waals surface area contributed by atoms with Crippen LogP contribution in [0.3, 0.4) is 0 Å². The fourth-order valence-corrected chi connectivity index (χ4v) is 2.27. The molecular formula is C15H13F2NO3. The Balaban J connectivity index is 2.57. The summed E-state index contributed by atoms with van der Waals surface area (Å²) in [6, 6.07) is 4.50. The van der Waals surface area contributed by atoms with Crippen LogP contribution in [0, 0.1) is 25.5 Å². The molecule has 1 N–H and O–H groups in total. The fraction of sp³-hybridized carbons (Fsp3) is 0.200. The third-order valence-electron chi connectivity index (χ3n) is 3.18. The van der Waals surface area contributed by atoms with Gasteiger partial charge in [0, 0.05) is 11.8 Å². The second-order valence-corrected chi connectivity index (χ2v) is 4.82. The zero-order valence-electron chi connectivity index (χ0n) is 11.5. The monoisotopic (exact) mass is 293 g/mol. The van der Waals surface area contributed by atoms with Crippen LogP contribution in [0.15, 0.2) is 29.1 Å². The number of nitrogens with zero attached hydrogens (tertiary/aromatic N) is 1. The van der Waals surface area contributed by atoms with Crippen molar-refractivity contribution in [2.45, 2.75) is 20.4 Å². The number of halogens is 2. The molecule has 0 aliphatic rings. The smallest absolute Gasteiger partial charge is 0.341 e. The van der Waals surface area contributed by atoms with Crippen molar-refractivity contribution in [3.8, 4) is 0 Å². The Morgan fingerprint density at radius 1 is 1.14 bits per heavy atom. The van der Waals surface area contributed by atoms with Gasteiger partial charge in [-0.05, 0) is 43.2 Å². The van der Waals surface area contributed by atoms with E-state index in [2.05, 4.69) is 0 Å². The van der Waals surface area contributed by atoms with Gasteiger partial charge in [-0.2, -0.15) is 0 Å². The van der Waals surface area contributed by atoms with Crippen LogP contribution < -0.4 is 5.56 Å². The van der Waals surface area contributed by atoms with E-state index in [1.165, 1.54) is 11.5 Å². The van der Waals surface area contributed by atoms with Crippen LogP contribution in [0.1, 0.15) is 27.2 Å². The maximum atomic E-state index is 13.2. The third kappa shape index (κ3) is 2.99. The Labute approximate surface area is 119 Å². The van der Waals surface area contributed by atoms with Crippen molar-refractivity contribution in [1.82, 2.24) is 4.57 Å². The molecule has 0 saturated carbocycles. The molecule has 0 bridgehead atoms. The van der Waals surface area contributed by atoms with Crippen LogP contribution in [0.5, 0.6) is 0 Å². The van der Waals surface area contributed by atoms with Gasteiger partial charge in [0.1, 0.15) is 17.2 Å². The zero-order valence-corrected chi connectivity index (χ0v) is 11.5. The molecule has 0 fully saturated rings. The minimum absolute atomic E-state index is 0.0973. The Morgan fingerprint density at radius 2 is 1.71 bits per heavy atom. The molecule has 0 atom stereocenters. The molecule has 0 radical (unpaired) electrons. The number of hydrogen-bond acceptors (Lipinski definition) is 2. The Hall–Kier alpha value is -2.50. The van der Waals surface area contributed by atoms with Crippen molar-refractivity contribution in [2.24, 2.45) is 0 Å². The lowest BCUT2D eigenvalue weighted by molar-refractivity contribution is 0.0693. The van der Waals surface area contributed by atoms with Gasteiger partial charge in [0.2, 0.25) is 0 Å². The molecule has 0 spiro atoms. The van der Waals surface area contributed by atoms with Gasteiger partial charge in [-0.1, -0.05) is 0 Å². The molecule has 110 valence electrons. The molecule has 4 nitrogen and oxygen atoms in total. The highest BCUT2D eigenvalue weighted by molar-refractivity contribution is 5.88. The number of rotatable bonds is 3. The molecular weight excluding hydrogens is 280 g/mol.